The van der Waals surface area contributed by atoms with Crippen LogP contribution in [0, 0.1) is 0 Å². The van der Waals surface area contributed by atoms with E-state index in [-0.39, 0.29) is 11.7 Å². The summed E-state index contributed by atoms with van der Waals surface area (Å²) in [7, 11) is 0. The summed E-state index contributed by atoms with van der Waals surface area (Å²) in [4.78, 5) is 27.4. The maximum absolute atomic E-state index is 11.9. The number of thiophene rings is 1. The average molecular weight is 363 g/mol. The molecule has 0 saturated carbocycles. The zero-order valence-electron chi connectivity index (χ0n) is 10.7. The Morgan fingerprint density at radius 3 is 2.90 bits per heavy atom. The topological polar surface area (TPSA) is 79.3 Å². The van der Waals surface area contributed by atoms with Crippen LogP contribution in [0.3, 0.4) is 0 Å². The number of rotatable bonds is 7. The van der Waals surface area contributed by atoms with Crippen molar-refractivity contribution in [3.63, 3.8) is 0 Å². The third-order valence-electron chi connectivity index (χ3n) is 2.28. The lowest BCUT2D eigenvalue weighted by atomic mass is 10.4. The minimum Gasteiger partial charge on any atom is -0.481 e. The van der Waals surface area contributed by atoms with E-state index < -0.39 is 5.97 Å². The van der Waals surface area contributed by atoms with Crippen LogP contribution in [0.15, 0.2) is 17.5 Å². The van der Waals surface area contributed by atoms with Gasteiger partial charge in [-0.25, -0.2) is 4.98 Å². The molecule has 0 fully saturated rings. The van der Waals surface area contributed by atoms with Crippen LogP contribution in [0.2, 0.25) is 4.34 Å². The summed E-state index contributed by atoms with van der Waals surface area (Å²) in [6.45, 7) is 0.411. The highest BCUT2D eigenvalue weighted by Gasteiger charge is 2.12. The fraction of sp³-hybridized carbons (Fsp3) is 0.250. The molecule has 0 radical (unpaired) electrons. The first-order valence-corrected chi connectivity index (χ1v) is 9.08. The molecule has 2 N–H and O–H groups in total. The second kappa shape index (κ2) is 7.79. The summed E-state index contributed by atoms with van der Waals surface area (Å²) in [5, 5.41) is 13.7. The van der Waals surface area contributed by atoms with Gasteiger partial charge in [-0.2, -0.15) is 0 Å². The van der Waals surface area contributed by atoms with Gasteiger partial charge in [0.25, 0.3) is 5.91 Å². The molecule has 2 rings (SSSR count). The number of thioether (sulfide) groups is 1. The molecule has 21 heavy (non-hydrogen) atoms. The molecule has 0 bridgehead atoms. The molecule has 0 aliphatic rings. The normalized spacial score (nSPS) is 10.5. The van der Waals surface area contributed by atoms with E-state index in [1.165, 1.54) is 34.4 Å². The van der Waals surface area contributed by atoms with Crippen molar-refractivity contribution in [3.05, 3.63) is 27.5 Å². The van der Waals surface area contributed by atoms with Gasteiger partial charge in [0.1, 0.15) is 10.7 Å². The van der Waals surface area contributed by atoms with Crippen LogP contribution in [0.25, 0.3) is 9.88 Å². The molecule has 2 aromatic rings. The fourth-order valence-corrected chi connectivity index (χ4v) is 3.89. The molecule has 0 unspecified atom stereocenters. The molecule has 0 aromatic carbocycles. The highest BCUT2D eigenvalue weighted by molar-refractivity contribution is 7.99. The minimum atomic E-state index is -0.856. The van der Waals surface area contributed by atoms with E-state index in [9.17, 15) is 9.59 Å². The van der Waals surface area contributed by atoms with Crippen LogP contribution in [0.5, 0.6) is 0 Å². The Bertz CT molecular complexity index is 641. The van der Waals surface area contributed by atoms with Crippen molar-refractivity contribution in [2.24, 2.45) is 0 Å². The molecule has 1 amide bonds. The zero-order valence-corrected chi connectivity index (χ0v) is 13.9. The van der Waals surface area contributed by atoms with Crippen molar-refractivity contribution in [2.75, 3.05) is 18.1 Å². The number of aromatic nitrogens is 1. The molecule has 0 atom stereocenters. The van der Waals surface area contributed by atoms with Gasteiger partial charge in [0.15, 0.2) is 0 Å². The summed E-state index contributed by atoms with van der Waals surface area (Å²) in [5.74, 6) is -0.521. The van der Waals surface area contributed by atoms with E-state index in [4.69, 9.17) is 16.7 Å². The van der Waals surface area contributed by atoms with Gasteiger partial charge in [-0.05, 0) is 12.1 Å². The summed E-state index contributed by atoms with van der Waals surface area (Å²) in [5.41, 5.74) is 0.364. The third-order valence-corrected chi connectivity index (χ3v) is 5.46. The maximum Gasteiger partial charge on any atom is 0.313 e. The Morgan fingerprint density at radius 1 is 1.43 bits per heavy atom. The largest absolute Gasteiger partial charge is 0.481 e. The van der Waals surface area contributed by atoms with E-state index >= 15 is 0 Å². The number of nitrogens with one attached hydrogen (secondary N) is 1. The quantitative estimate of drug-likeness (QED) is 0.740. The lowest BCUT2D eigenvalue weighted by Gasteiger charge is -2.01. The van der Waals surface area contributed by atoms with Gasteiger partial charge in [-0.1, -0.05) is 11.6 Å². The van der Waals surface area contributed by atoms with Gasteiger partial charge in [0.2, 0.25) is 0 Å². The summed E-state index contributed by atoms with van der Waals surface area (Å²) >= 11 is 9.93. The van der Waals surface area contributed by atoms with Crippen LogP contribution in [0.4, 0.5) is 0 Å². The molecule has 2 heterocycles. The van der Waals surface area contributed by atoms with Gasteiger partial charge in [0, 0.05) is 17.7 Å². The third kappa shape index (κ3) is 4.99. The van der Waals surface area contributed by atoms with Crippen molar-refractivity contribution in [1.82, 2.24) is 10.3 Å². The highest BCUT2D eigenvalue weighted by atomic mass is 35.5. The molecular weight excluding hydrogens is 352 g/mol. The predicted octanol–water partition coefficient (Wildman–Crippen LogP) is 3.07. The average Bonchev–Trinajstić information content (AvgIpc) is 3.06. The Balaban J connectivity index is 1.83. The number of carboxylic acids is 1. The van der Waals surface area contributed by atoms with E-state index in [1.807, 2.05) is 6.07 Å². The van der Waals surface area contributed by atoms with E-state index in [0.29, 0.717) is 22.3 Å². The van der Waals surface area contributed by atoms with Crippen molar-refractivity contribution in [1.29, 1.82) is 0 Å². The van der Waals surface area contributed by atoms with Crippen LogP contribution in [0.1, 0.15) is 10.5 Å². The second-order valence-electron chi connectivity index (χ2n) is 3.84. The van der Waals surface area contributed by atoms with Gasteiger partial charge in [0.05, 0.1) is 15.0 Å². The van der Waals surface area contributed by atoms with Crippen LogP contribution in [-0.2, 0) is 4.79 Å². The lowest BCUT2D eigenvalue weighted by molar-refractivity contribution is -0.133. The minimum absolute atomic E-state index is 0.0376. The Hall–Kier alpha value is -1.09. The Labute approximate surface area is 138 Å². The first kappa shape index (κ1) is 16.3. The zero-order chi connectivity index (χ0) is 15.2. The number of aliphatic carboxylic acids is 1. The van der Waals surface area contributed by atoms with Crippen molar-refractivity contribution in [3.8, 4) is 9.88 Å². The number of carbonyl (C=O) groups excluding carboxylic acids is 1. The number of carboxylic acid groups (broad SMARTS) is 1. The summed E-state index contributed by atoms with van der Waals surface area (Å²) < 4.78 is 0.682. The molecular formula is C12H11ClN2O3S3. The Morgan fingerprint density at radius 2 is 2.24 bits per heavy atom. The Kier molecular flexibility index (Phi) is 6.04. The molecule has 5 nitrogen and oxygen atoms in total. The van der Waals surface area contributed by atoms with Crippen molar-refractivity contribution >= 4 is 57.9 Å². The highest BCUT2D eigenvalue weighted by Crippen LogP contribution is 2.32. The van der Waals surface area contributed by atoms with Crippen LogP contribution >= 0.6 is 46.0 Å². The maximum atomic E-state index is 11.9. The molecule has 112 valence electrons. The summed E-state index contributed by atoms with van der Waals surface area (Å²) in [6.07, 6.45) is 0. The van der Waals surface area contributed by atoms with Crippen LogP contribution in [-0.4, -0.2) is 40.0 Å². The fourth-order valence-electron chi connectivity index (χ4n) is 1.41. The van der Waals surface area contributed by atoms with Crippen molar-refractivity contribution < 1.29 is 14.7 Å². The molecule has 0 aliphatic carbocycles. The number of halogens is 1. The van der Waals surface area contributed by atoms with Gasteiger partial charge in [-0.15, -0.1) is 34.4 Å². The predicted molar refractivity (Wildman–Crippen MR) is 87.7 cm³/mol. The SMILES string of the molecule is O=C(O)CSCCNC(=O)c1csc(-c2ccc(Cl)s2)n1. The first-order chi connectivity index (χ1) is 10.1. The van der Waals surface area contributed by atoms with Crippen molar-refractivity contribution in [2.45, 2.75) is 0 Å². The first-order valence-electron chi connectivity index (χ1n) is 5.85. The molecule has 0 aliphatic heterocycles. The smallest absolute Gasteiger partial charge is 0.313 e. The number of hydrogen-bond donors (Lipinski definition) is 2. The molecule has 2 aromatic heterocycles. The van der Waals surface area contributed by atoms with Gasteiger partial charge in [-0.3, -0.25) is 9.59 Å². The number of hydrogen-bond acceptors (Lipinski definition) is 6. The molecule has 0 spiro atoms. The van der Waals surface area contributed by atoms with Gasteiger partial charge < -0.3 is 10.4 Å². The van der Waals surface area contributed by atoms with E-state index in [2.05, 4.69) is 10.3 Å². The van der Waals surface area contributed by atoms with E-state index in [0.717, 1.165) is 9.88 Å². The van der Waals surface area contributed by atoms with Gasteiger partial charge >= 0.3 is 5.97 Å². The van der Waals surface area contributed by atoms with E-state index in [1.54, 1.807) is 11.4 Å². The number of amides is 1. The molecule has 0 saturated heterocycles. The number of nitrogens with zero attached hydrogens (tertiary/aromatic N) is 1. The molecule has 9 heteroatoms. The number of carbonyl (C=O) groups is 2. The number of thiazole rings is 1. The van der Waals surface area contributed by atoms with Crippen LogP contribution < -0.4 is 5.32 Å². The second-order valence-corrected chi connectivity index (χ2v) is 7.52. The lowest BCUT2D eigenvalue weighted by Crippen LogP contribution is -2.26. The standard InChI is InChI=1S/C12H11ClN2O3S3/c13-9-2-1-8(21-9)12-15-7(5-20-12)11(18)14-3-4-19-6-10(16)17/h1-2,5H,3-4,6H2,(H,14,18)(H,16,17). The monoisotopic (exact) mass is 362 g/mol. The summed E-state index contributed by atoms with van der Waals surface area (Å²) in [6, 6.07) is 3.67.